The van der Waals surface area contributed by atoms with Crippen LogP contribution in [0.3, 0.4) is 0 Å². The van der Waals surface area contributed by atoms with Gasteiger partial charge < -0.3 is 10.1 Å². The van der Waals surface area contributed by atoms with Crippen molar-refractivity contribution in [3.8, 4) is 16.3 Å². The molecule has 0 atom stereocenters. The summed E-state index contributed by atoms with van der Waals surface area (Å²) in [4.78, 5) is 0. The van der Waals surface area contributed by atoms with Crippen LogP contribution in [0.25, 0.3) is 10.6 Å². The van der Waals surface area contributed by atoms with E-state index in [2.05, 4.69) is 34.6 Å². The molecule has 0 amide bonds. The lowest BCUT2D eigenvalue weighted by molar-refractivity contribution is 0.357. The normalized spacial score (nSPS) is 13.3. The van der Waals surface area contributed by atoms with Crippen molar-refractivity contribution in [3.63, 3.8) is 0 Å². The van der Waals surface area contributed by atoms with Crippen LogP contribution in [0.2, 0.25) is 0 Å². The molecule has 1 aliphatic heterocycles. The van der Waals surface area contributed by atoms with E-state index in [1.807, 2.05) is 6.07 Å². The zero-order chi connectivity index (χ0) is 13.1. The number of ether oxygens (including phenoxy) is 1. The topological polar surface area (TPSA) is 47.0 Å². The molecule has 1 aromatic heterocycles. The molecular weight excluding hydrogens is 258 g/mol. The van der Waals surface area contributed by atoms with Gasteiger partial charge in [0.1, 0.15) is 15.8 Å². The van der Waals surface area contributed by atoms with Gasteiger partial charge >= 0.3 is 0 Å². The summed E-state index contributed by atoms with van der Waals surface area (Å²) < 4.78 is 5.52. The first-order valence-corrected chi connectivity index (χ1v) is 7.47. The summed E-state index contributed by atoms with van der Waals surface area (Å²) in [5.74, 6) is 1.01. The van der Waals surface area contributed by atoms with E-state index in [1.165, 1.54) is 5.56 Å². The second-order valence-electron chi connectivity index (χ2n) is 4.53. The molecule has 0 radical (unpaired) electrons. The van der Waals surface area contributed by atoms with Gasteiger partial charge in [0.25, 0.3) is 0 Å². The van der Waals surface area contributed by atoms with Crippen molar-refractivity contribution >= 4 is 11.3 Å². The smallest absolute Gasteiger partial charge is 0.147 e. The number of benzene rings is 1. The summed E-state index contributed by atoms with van der Waals surface area (Å²) in [6, 6.07) is 6.28. The molecular formula is C14H17N3OS. The van der Waals surface area contributed by atoms with Gasteiger partial charge in [-0.1, -0.05) is 18.3 Å². The summed E-state index contributed by atoms with van der Waals surface area (Å²) in [6.07, 6.45) is 1.94. The van der Waals surface area contributed by atoms with Gasteiger partial charge in [-0.25, -0.2) is 0 Å². The highest BCUT2D eigenvalue weighted by atomic mass is 32.1. The van der Waals surface area contributed by atoms with Crippen LogP contribution < -0.4 is 10.1 Å². The molecule has 100 valence electrons. The Hall–Kier alpha value is -1.46. The highest BCUT2D eigenvalue weighted by Crippen LogP contribution is 2.31. The first kappa shape index (κ1) is 12.6. The van der Waals surface area contributed by atoms with Crippen molar-refractivity contribution in [2.45, 2.75) is 19.8 Å². The molecule has 0 saturated carbocycles. The molecule has 0 saturated heterocycles. The van der Waals surface area contributed by atoms with E-state index in [0.717, 1.165) is 53.9 Å². The molecule has 0 aliphatic carbocycles. The molecule has 4 nitrogen and oxygen atoms in total. The van der Waals surface area contributed by atoms with Crippen LogP contribution in [-0.4, -0.2) is 29.9 Å². The molecule has 0 spiro atoms. The molecule has 0 unspecified atom stereocenters. The molecule has 2 heterocycles. The minimum Gasteiger partial charge on any atom is -0.493 e. The fraction of sp³-hybridized carbons (Fsp3) is 0.429. The average molecular weight is 275 g/mol. The van der Waals surface area contributed by atoms with Crippen molar-refractivity contribution in [2.24, 2.45) is 0 Å². The van der Waals surface area contributed by atoms with E-state index in [1.54, 1.807) is 11.3 Å². The predicted molar refractivity (Wildman–Crippen MR) is 76.8 cm³/mol. The number of fused-ring (bicyclic) bond motifs is 1. The molecule has 0 fully saturated rings. The maximum absolute atomic E-state index is 5.52. The fourth-order valence-electron chi connectivity index (χ4n) is 2.16. The minimum absolute atomic E-state index is 0.794. The molecule has 5 heteroatoms. The van der Waals surface area contributed by atoms with E-state index >= 15 is 0 Å². The zero-order valence-corrected chi connectivity index (χ0v) is 11.8. The molecule has 0 bridgehead atoms. The largest absolute Gasteiger partial charge is 0.493 e. The van der Waals surface area contributed by atoms with Crippen LogP contribution in [0.1, 0.15) is 17.5 Å². The van der Waals surface area contributed by atoms with Gasteiger partial charge in [0, 0.05) is 24.9 Å². The SMILES string of the molecule is CCNCCc1nnc(-c2ccc3c(c2)CCO3)s1. The Balaban J connectivity index is 1.75. The molecule has 2 aromatic rings. The predicted octanol–water partition coefficient (Wildman–Crippen LogP) is 2.29. The lowest BCUT2D eigenvalue weighted by Crippen LogP contribution is -2.15. The third-order valence-corrected chi connectivity index (χ3v) is 4.20. The summed E-state index contributed by atoms with van der Waals surface area (Å²) in [7, 11) is 0. The van der Waals surface area contributed by atoms with Gasteiger partial charge in [0.05, 0.1) is 6.61 Å². The third kappa shape index (κ3) is 2.77. The summed E-state index contributed by atoms with van der Waals surface area (Å²) in [5, 5.41) is 13.9. The minimum atomic E-state index is 0.794. The number of nitrogens with one attached hydrogen (secondary N) is 1. The fourth-order valence-corrected chi connectivity index (χ4v) is 3.00. The highest BCUT2D eigenvalue weighted by molar-refractivity contribution is 7.14. The third-order valence-electron chi connectivity index (χ3n) is 3.17. The number of hydrogen-bond acceptors (Lipinski definition) is 5. The van der Waals surface area contributed by atoms with Crippen LogP contribution >= 0.6 is 11.3 Å². The Bertz CT molecular complexity index is 568. The van der Waals surface area contributed by atoms with E-state index in [-0.39, 0.29) is 0 Å². The molecule has 19 heavy (non-hydrogen) atoms. The number of hydrogen-bond donors (Lipinski definition) is 1. The first-order valence-electron chi connectivity index (χ1n) is 6.66. The van der Waals surface area contributed by atoms with E-state index in [0.29, 0.717) is 0 Å². The molecule has 1 aliphatic rings. The van der Waals surface area contributed by atoms with E-state index < -0.39 is 0 Å². The highest BCUT2D eigenvalue weighted by Gasteiger charge is 2.14. The van der Waals surface area contributed by atoms with Gasteiger partial charge in [-0.05, 0) is 30.3 Å². The second kappa shape index (κ2) is 5.67. The summed E-state index contributed by atoms with van der Waals surface area (Å²) >= 11 is 1.68. The van der Waals surface area contributed by atoms with Gasteiger partial charge in [-0.15, -0.1) is 10.2 Å². The van der Waals surface area contributed by atoms with Gasteiger partial charge in [0.2, 0.25) is 0 Å². The van der Waals surface area contributed by atoms with Crippen LogP contribution in [0.4, 0.5) is 0 Å². The average Bonchev–Trinajstić information content (AvgIpc) is 3.06. The van der Waals surface area contributed by atoms with Crippen molar-refractivity contribution in [2.75, 3.05) is 19.7 Å². The zero-order valence-electron chi connectivity index (χ0n) is 11.0. The van der Waals surface area contributed by atoms with Gasteiger partial charge in [-0.3, -0.25) is 0 Å². The monoisotopic (exact) mass is 275 g/mol. The quantitative estimate of drug-likeness (QED) is 0.851. The molecule has 3 rings (SSSR count). The maximum atomic E-state index is 5.52. The number of nitrogens with zero attached hydrogens (tertiary/aromatic N) is 2. The summed E-state index contributed by atoms with van der Waals surface area (Å²) in [6.45, 7) is 4.86. The number of rotatable bonds is 5. The van der Waals surface area contributed by atoms with Crippen LogP contribution in [0.15, 0.2) is 18.2 Å². The van der Waals surface area contributed by atoms with Crippen molar-refractivity contribution in [1.29, 1.82) is 0 Å². The van der Waals surface area contributed by atoms with Gasteiger partial charge in [0.15, 0.2) is 0 Å². The second-order valence-corrected chi connectivity index (χ2v) is 5.59. The van der Waals surface area contributed by atoms with Crippen LogP contribution in [0.5, 0.6) is 5.75 Å². The number of aromatic nitrogens is 2. The lowest BCUT2D eigenvalue weighted by Gasteiger charge is -2.00. The van der Waals surface area contributed by atoms with Crippen LogP contribution in [-0.2, 0) is 12.8 Å². The van der Waals surface area contributed by atoms with Crippen molar-refractivity contribution in [3.05, 3.63) is 28.8 Å². The van der Waals surface area contributed by atoms with Crippen molar-refractivity contribution < 1.29 is 4.74 Å². The summed E-state index contributed by atoms with van der Waals surface area (Å²) in [5.41, 5.74) is 2.43. The maximum Gasteiger partial charge on any atom is 0.147 e. The lowest BCUT2D eigenvalue weighted by atomic mass is 10.1. The van der Waals surface area contributed by atoms with Gasteiger partial charge in [-0.2, -0.15) is 0 Å². The Morgan fingerprint density at radius 1 is 1.37 bits per heavy atom. The van der Waals surface area contributed by atoms with E-state index in [4.69, 9.17) is 4.74 Å². The standard InChI is InChI=1S/C14H17N3OS/c1-2-15-7-5-13-16-17-14(19-13)11-3-4-12-10(9-11)6-8-18-12/h3-4,9,15H,2,5-8H2,1H3. The Kier molecular flexibility index (Phi) is 3.75. The van der Waals surface area contributed by atoms with E-state index in [9.17, 15) is 0 Å². The Morgan fingerprint density at radius 2 is 2.32 bits per heavy atom. The van der Waals surface area contributed by atoms with Crippen molar-refractivity contribution in [1.82, 2.24) is 15.5 Å². The Morgan fingerprint density at radius 3 is 3.21 bits per heavy atom. The Labute approximate surface area is 116 Å². The number of likely N-dealkylation sites (N-methyl/N-ethyl adjacent to an activating group) is 1. The first-order chi connectivity index (χ1) is 9.36. The molecule has 1 N–H and O–H groups in total. The van der Waals surface area contributed by atoms with Crippen LogP contribution in [0, 0.1) is 0 Å². The molecule has 1 aromatic carbocycles.